The highest BCUT2D eigenvalue weighted by atomic mass is 16.7. The molecule has 1 aromatic carbocycles. The van der Waals surface area contributed by atoms with Crippen LogP contribution >= 0.6 is 0 Å². The van der Waals surface area contributed by atoms with E-state index in [-0.39, 0.29) is 5.79 Å². The fourth-order valence-corrected chi connectivity index (χ4v) is 6.10. The molecule has 3 aliphatic heterocycles. The van der Waals surface area contributed by atoms with Crippen LogP contribution in [0.15, 0.2) is 114 Å². The van der Waals surface area contributed by atoms with Crippen molar-refractivity contribution in [2.75, 3.05) is 26.4 Å². The second kappa shape index (κ2) is 39.1. The fraction of sp³-hybridized carbons (Fsp3) is 0.617. The van der Waals surface area contributed by atoms with Crippen molar-refractivity contribution in [1.82, 2.24) is 45.3 Å². The average Bonchev–Trinajstić information content (AvgIpc) is 4.19. The van der Waals surface area contributed by atoms with Crippen LogP contribution in [-0.2, 0) is 18.9 Å². The summed E-state index contributed by atoms with van der Waals surface area (Å²) in [6.45, 7) is 43.7. The lowest BCUT2D eigenvalue weighted by Gasteiger charge is -2.29. The number of aromatic nitrogens is 9. The molecule has 3 aliphatic rings. The molecule has 15 nitrogen and oxygen atoms in total. The summed E-state index contributed by atoms with van der Waals surface area (Å²) < 4.78 is 30.8. The minimum atomic E-state index is -0.306. The van der Waals surface area contributed by atoms with Crippen LogP contribution in [0.5, 0.6) is 0 Å². The normalized spacial score (nSPS) is 15.8. The second-order valence-corrected chi connectivity index (χ2v) is 21.2. The maximum Gasteiger partial charge on any atom is 0.228 e. The van der Waals surface area contributed by atoms with Gasteiger partial charge in [0.2, 0.25) is 18.2 Å². The number of hydrogen-bond acceptors (Lipinski definition) is 15. The maximum atomic E-state index is 5.38. The molecule has 3 saturated heterocycles. The van der Waals surface area contributed by atoms with Gasteiger partial charge in [-0.2, -0.15) is 4.98 Å². The Balaban J connectivity index is 0.000000422. The molecule has 0 spiro atoms. The van der Waals surface area contributed by atoms with E-state index in [9.17, 15) is 0 Å². The zero-order valence-electron chi connectivity index (χ0n) is 49.4. The van der Waals surface area contributed by atoms with Crippen molar-refractivity contribution in [3.8, 4) is 0 Å². The van der Waals surface area contributed by atoms with Gasteiger partial charge in [-0.15, -0.1) is 10.2 Å². The summed E-state index contributed by atoms with van der Waals surface area (Å²) in [6.07, 6.45) is 18.8. The monoisotopic (exact) mass is 1040 g/mol. The van der Waals surface area contributed by atoms with Gasteiger partial charge in [0.15, 0.2) is 12.1 Å². The summed E-state index contributed by atoms with van der Waals surface area (Å²) in [5.74, 6) is 5.98. The molecule has 8 heterocycles. The van der Waals surface area contributed by atoms with Gasteiger partial charge in [0.25, 0.3) is 0 Å². The molecule has 0 unspecified atom stereocenters. The third kappa shape index (κ3) is 30.7. The molecular formula is C60H97N9O6. The predicted octanol–water partition coefficient (Wildman–Crippen LogP) is 14.9. The summed E-state index contributed by atoms with van der Waals surface area (Å²) in [5, 5.41) is 10.7. The maximum absolute atomic E-state index is 5.38. The van der Waals surface area contributed by atoms with Crippen molar-refractivity contribution in [2.24, 2.45) is 17.8 Å². The molecule has 0 radical (unpaired) electrons. The van der Waals surface area contributed by atoms with Crippen LogP contribution in [-0.4, -0.2) is 89.7 Å². The highest BCUT2D eigenvalue weighted by molar-refractivity contribution is 5.17. The van der Waals surface area contributed by atoms with Gasteiger partial charge in [0, 0.05) is 67.6 Å². The molecule has 0 bridgehead atoms. The lowest BCUT2D eigenvalue weighted by molar-refractivity contribution is -0.172. The number of hydrogen-bond donors (Lipinski definition) is 0. The van der Waals surface area contributed by atoms with E-state index in [2.05, 4.69) is 173 Å². The van der Waals surface area contributed by atoms with E-state index >= 15 is 0 Å². The van der Waals surface area contributed by atoms with Crippen molar-refractivity contribution in [2.45, 2.75) is 198 Å². The molecule has 3 fully saturated rings. The fourth-order valence-electron chi connectivity index (χ4n) is 6.10. The van der Waals surface area contributed by atoms with Crippen LogP contribution in [0.25, 0.3) is 0 Å². The van der Waals surface area contributed by atoms with Gasteiger partial charge >= 0.3 is 0 Å². The van der Waals surface area contributed by atoms with Crippen molar-refractivity contribution < 1.29 is 27.9 Å². The van der Waals surface area contributed by atoms with Gasteiger partial charge in [-0.25, -0.2) is 19.9 Å². The van der Waals surface area contributed by atoms with Crippen molar-refractivity contribution in [1.29, 1.82) is 0 Å². The second-order valence-electron chi connectivity index (χ2n) is 21.2. The lowest BCUT2D eigenvalue weighted by Crippen LogP contribution is -2.31. The molecule has 75 heavy (non-hydrogen) atoms. The SMILES string of the molecule is CC(C)C1(C)OCCO1.CC(C)[C@@H]1CCO1.CC(C)[C@H]1CCO1.CC(C)c1ccccc1.CC(C)c1cccnc1.CC(C)c1ccncn1.CC(C)c1cncnc1.CC(C)c1ncno1.CC(C)c1nnco1. The third-order valence-electron chi connectivity index (χ3n) is 11.9. The van der Waals surface area contributed by atoms with E-state index < -0.39 is 0 Å². The molecule has 418 valence electrons. The van der Waals surface area contributed by atoms with Gasteiger partial charge in [0.05, 0.1) is 25.4 Å². The number of rotatable bonds is 9. The highest BCUT2D eigenvalue weighted by Gasteiger charge is 2.34. The Bertz CT molecular complexity index is 1920. The molecule has 6 aromatic rings. The highest BCUT2D eigenvalue weighted by Crippen LogP contribution is 2.26. The number of nitrogens with zero attached hydrogens (tertiary/aromatic N) is 9. The Kier molecular flexibility index (Phi) is 35.3. The zero-order valence-corrected chi connectivity index (χ0v) is 49.4. The standard InChI is InChI=1S/C9H12.C8H11N.2C7H10N2.C7H14O2.2C6H12O.2C5H8N2O/c1-8(2)9-6-4-3-5-7-9;1-7(2)8-4-3-5-9-6-8;1-6(2)7-3-8-5-9-4-7;1-6(2)7-3-4-8-5-9-7;1-6(2)7(3)8-4-5-9-7;2*1-5(2)6-3-4-7-6;1-4(2)5-7-6-3-8-5;1-4(2)5-6-3-7-8-5/h3-8H,1-2H3;3-7H,1-2H3;2*3-6H,1-2H3;6H,4-5H2,1-3H3;2*5-6H,3-4H2,1-2H3;2*3-4H,1-2H3/t;;;;;2*6-;;/m.....10../s1. The van der Waals surface area contributed by atoms with Gasteiger partial charge < -0.3 is 27.9 Å². The van der Waals surface area contributed by atoms with Gasteiger partial charge in [-0.1, -0.05) is 166 Å². The van der Waals surface area contributed by atoms with Crippen LogP contribution in [0.1, 0.15) is 214 Å². The van der Waals surface area contributed by atoms with Crippen LogP contribution in [0.2, 0.25) is 0 Å². The van der Waals surface area contributed by atoms with Crippen LogP contribution in [0, 0.1) is 17.8 Å². The first-order valence-corrected chi connectivity index (χ1v) is 27.1. The molecule has 15 heteroatoms. The summed E-state index contributed by atoms with van der Waals surface area (Å²) in [6, 6.07) is 16.5. The van der Waals surface area contributed by atoms with E-state index in [1.807, 2.05) is 71.4 Å². The third-order valence-corrected chi connectivity index (χ3v) is 11.9. The molecule has 0 amide bonds. The minimum absolute atomic E-state index is 0.306. The Hall–Kier alpha value is -5.35. The summed E-state index contributed by atoms with van der Waals surface area (Å²) >= 11 is 0. The average molecular weight is 1040 g/mol. The Morgan fingerprint density at radius 2 is 1.00 bits per heavy atom. The van der Waals surface area contributed by atoms with E-state index in [0.29, 0.717) is 65.4 Å². The van der Waals surface area contributed by atoms with Gasteiger partial charge in [-0.05, 0) is 84.1 Å². The first-order valence-electron chi connectivity index (χ1n) is 27.1. The molecule has 5 aromatic heterocycles. The molecule has 0 aliphatic carbocycles. The summed E-state index contributed by atoms with van der Waals surface area (Å²) in [7, 11) is 0. The van der Waals surface area contributed by atoms with Crippen molar-refractivity contribution in [3.63, 3.8) is 0 Å². The van der Waals surface area contributed by atoms with Crippen LogP contribution in [0.3, 0.4) is 0 Å². The van der Waals surface area contributed by atoms with Gasteiger partial charge in [-0.3, -0.25) is 4.98 Å². The molecular weight excluding hydrogens is 943 g/mol. The Morgan fingerprint density at radius 1 is 0.480 bits per heavy atom. The van der Waals surface area contributed by atoms with Crippen molar-refractivity contribution >= 4 is 0 Å². The largest absolute Gasteiger partial charge is 0.428 e. The van der Waals surface area contributed by atoms with Crippen molar-refractivity contribution in [3.05, 3.63) is 139 Å². The topological polar surface area (TPSA) is 179 Å². The number of pyridine rings is 1. The summed E-state index contributed by atoms with van der Waals surface area (Å²) in [5.41, 5.74) is 5.01. The number of ether oxygens (including phenoxy) is 4. The molecule has 9 rings (SSSR count). The quantitative estimate of drug-likeness (QED) is 0.133. The van der Waals surface area contributed by atoms with Crippen LogP contribution in [0.4, 0.5) is 0 Å². The van der Waals surface area contributed by atoms with E-state index in [4.69, 9.17) is 27.9 Å². The minimum Gasteiger partial charge on any atom is -0.428 e. The lowest BCUT2D eigenvalue weighted by atomic mass is 10.0. The Morgan fingerprint density at radius 3 is 1.24 bits per heavy atom. The van der Waals surface area contributed by atoms with Crippen LogP contribution < -0.4 is 0 Å². The smallest absolute Gasteiger partial charge is 0.228 e. The first-order chi connectivity index (χ1) is 35.6. The van der Waals surface area contributed by atoms with E-state index in [1.54, 1.807) is 25.0 Å². The summed E-state index contributed by atoms with van der Waals surface area (Å²) in [4.78, 5) is 23.5. The zero-order chi connectivity index (χ0) is 56.2. The van der Waals surface area contributed by atoms with Gasteiger partial charge in [0.1, 0.15) is 12.7 Å². The van der Waals surface area contributed by atoms with E-state index in [1.165, 1.54) is 42.3 Å². The molecule has 2 atom stereocenters. The molecule has 0 N–H and O–H groups in total. The predicted molar refractivity (Wildman–Crippen MR) is 301 cm³/mol. The number of benzene rings is 1. The van der Waals surface area contributed by atoms with E-state index in [0.717, 1.165) is 44.0 Å². The Labute approximate surface area is 452 Å². The molecule has 0 saturated carbocycles. The first kappa shape index (κ1) is 67.7.